The molecular weight excluding hydrogens is 394 g/mol. The normalized spacial score (nSPS) is 12.8. The molecule has 0 aliphatic carbocycles. The maximum Gasteiger partial charge on any atom is 0.224 e. The van der Waals surface area contributed by atoms with Gasteiger partial charge in [-0.25, -0.2) is 0 Å². The number of fused-ring (bicyclic) bond motifs is 1. The van der Waals surface area contributed by atoms with Crippen molar-refractivity contribution in [3.8, 4) is 11.5 Å². The van der Waals surface area contributed by atoms with Crippen molar-refractivity contribution in [3.63, 3.8) is 0 Å². The van der Waals surface area contributed by atoms with Gasteiger partial charge in [-0.05, 0) is 41.8 Å². The average Bonchev–Trinajstić information content (AvgIpc) is 2.57. The number of amides is 1. The van der Waals surface area contributed by atoms with Crippen LogP contribution in [0.5, 0.6) is 11.5 Å². The molecular formula is C18H17BrClNO3. The summed E-state index contributed by atoms with van der Waals surface area (Å²) in [5, 5.41) is 3.65. The van der Waals surface area contributed by atoms with E-state index in [4.69, 9.17) is 21.1 Å². The smallest absolute Gasteiger partial charge is 0.224 e. The molecule has 0 spiro atoms. The molecule has 0 saturated carbocycles. The summed E-state index contributed by atoms with van der Waals surface area (Å²) in [4.78, 5) is 12.2. The zero-order valence-electron chi connectivity index (χ0n) is 13.0. The second-order valence-electron chi connectivity index (χ2n) is 5.49. The van der Waals surface area contributed by atoms with Crippen molar-refractivity contribution in [2.45, 2.75) is 12.8 Å². The Hall–Kier alpha value is -1.72. The molecule has 0 unspecified atom stereocenters. The molecule has 3 rings (SSSR count). The third-order valence-electron chi connectivity index (χ3n) is 3.71. The molecule has 1 amide bonds. The van der Waals surface area contributed by atoms with E-state index in [1.807, 2.05) is 36.4 Å². The van der Waals surface area contributed by atoms with Gasteiger partial charge in [0.2, 0.25) is 5.91 Å². The highest BCUT2D eigenvalue weighted by atomic mass is 79.9. The van der Waals surface area contributed by atoms with Gasteiger partial charge in [0.25, 0.3) is 0 Å². The molecule has 1 heterocycles. The molecule has 4 nitrogen and oxygen atoms in total. The minimum absolute atomic E-state index is 0.0265. The fourth-order valence-corrected chi connectivity index (χ4v) is 3.06. The van der Waals surface area contributed by atoms with Gasteiger partial charge in [0, 0.05) is 16.0 Å². The molecule has 1 aliphatic heterocycles. The summed E-state index contributed by atoms with van der Waals surface area (Å²) in [7, 11) is 0. The SMILES string of the molecule is O=C(Cc1cc2c(cc1Br)OCCO2)NCCc1ccc(Cl)cc1. The molecule has 1 aliphatic rings. The quantitative estimate of drug-likeness (QED) is 0.816. The van der Waals surface area contributed by atoms with Crippen molar-refractivity contribution in [1.29, 1.82) is 0 Å². The first-order chi connectivity index (χ1) is 11.6. The number of hydrogen-bond acceptors (Lipinski definition) is 3. The Morgan fingerprint density at radius 3 is 2.50 bits per heavy atom. The van der Waals surface area contributed by atoms with E-state index >= 15 is 0 Å². The van der Waals surface area contributed by atoms with Crippen LogP contribution in [-0.4, -0.2) is 25.7 Å². The Bertz CT molecular complexity index is 734. The van der Waals surface area contributed by atoms with Gasteiger partial charge >= 0.3 is 0 Å². The van der Waals surface area contributed by atoms with Crippen molar-refractivity contribution < 1.29 is 14.3 Å². The number of benzene rings is 2. The Labute approximate surface area is 154 Å². The van der Waals surface area contributed by atoms with Crippen LogP contribution in [0.2, 0.25) is 5.02 Å². The number of carbonyl (C=O) groups excluding carboxylic acids is 1. The first-order valence-electron chi connectivity index (χ1n) is 7.71. The second kappa shape index (κ2) is 7.90. The van der Waals surface area contributed by atoms with Crippen LogP contribution >= 0.6 is 27.5 Å². The predicted octanol–water partition coefficient (Wildman–Crippen LogP) is 3.78. The van der Waals surface area contributed by atoms with Crippen LogP contribution in [-0.2, 0) is 17.6 Å². The molecule has 0 bridgehead atoms. The van der Waals surface area contributed by atoms with Gasteiger partial charge in [-0.15, -0.1) is 0 Å². The molecule has 0 atom stereocenters. The second-order valence-corrected chi connectivity index (χ2v) is 6.78. The van der Waals surface area contributed by atoms with Crippen molar-refractivity contribution in [3.05, 3.63) is 57.0 Å². The van der Waals surface area contributed by atoms with Gasteiger partial charge < -0.3 is 14.8 Å². The van der Waals surface area contributed by atoms with E-state index in [1.165, 1.54) is 0 Å². The van der Waals surface area contributed by atoms with E-state index in [1.54, 1.807) is 0 Å². The van der Waals surface area contributed by atoms with Crippen molar-refractivity contribution in [2.24, 2.45) is 0 Å². The summed E-state index contributed by atoms with van der Waals surface area (Å²) >= 11 is 9.35. The van der Waals surface area contributed by atoms with Crippen LogP contribution in [0.25, 0.3) is 0 Å². The first-order valence-corrected chi connectivity index (χ1v) is 8.88. The molecule has 24 heavy (non-hydrogen) atoms. The van der Waals surface area contributed by atoms with Crippen LogP contribution in [0.1, 0.15) is 11.1 Å². The number of hydrogen-bond donors (Lipinski definition) is 1. The number of carbonyl (C=O) groups is 1. The molecule has 0 aromatic heterocycles. The van der Waals surface area contributed by atoms with Crippen LogP contribution in [0.4, 0.5) is 0 Å². The van der Waals surface area contributed by atoms with Gasteiger partial charge in [0.05, 0.1) is 6.42 Å². The third kappa shape index (κ3) is 4.42. The van der Waals surface area contributed by atoms with Gasteiger partial charge in [-0.1, -0.05) is 39.7 Å². The fraction of sp³-hybridized carbons (Fsp3) is 0.278. The summed E-state index contributed by atoms with van der Waals surface area (Å²) in [6.45, 7) is 1.66. The summed E-state index contributed by atoms with van der Waals surface area (Å²) in [5.74, 6) is 1.37. The lowest BCUT2D eigenvalue weighted by Crippen LogP contribution is -2.27. The summed E-state index contributed by atoms with van der Waals surface area (Å²) < 4.78 is 11.9. The number of halogens is 2. The van der Waals surface area contributed by atoms with E-state index in [0.29, 0.717) is 36.3 Å². The topological polar surface area (TPSA) is 47.6 Å². The highest BCUT2D eigenvalue weighted by molar-refractivity contribution is 9.10. The number of ether oxygens (including phenoxy) is 2. The zero-order valence-corrected chi connectivity index (χ0v) is 15.3. The summed E-state index contributed by atoms with van der Waals surface area (Å²) in [6.07, 6.45) is 1.06. The first kappa shape index (κ1) is 17.1. The molecule has 0 fully saturated rings. The lowest BCUT2D eigenvalue weighted by atomic mass is 10.1. The van der Waals surface area contributed by atoms with Crippen molar-refractivity contribution in [1.82, 2.24) is 5.32 Å². The molecule has 2 aromatic rings. The van der Waals surface area contributed by atoms with Crippen LogP contribution < -0.4 is 14.8 Å². The summed E-state index contributed by atoms with van der Waals surface area (Å²) in [6, 6.07) is 11.3. The van der Waals surface area contributed by atoms with Crippen LogP contribution in [0.3, 0.4) is 0 Å². The van der Waals surface area contributed by atoms with Crippen LogP contribution in [0.15, 0.2) is 40.9 Å². The predicted molar refractivity (Wildman–Crippen MR) is 97.0 cm³/mol. The Morgan fingerprint density at radius 2 is 1.79 bits per heavy atom. The Morgan fingerprint density at radius 1 is 1.12 bits per heavy atom. The van der Waals surface area contributed by atoms with Crippen molar-refractivity contribution >= 4 is 33.4 Å². The molecule has 126 valence electrons. The van der Waals surface area contributed by atoms with E-state index in [-0.39, 0.29) is 12.3 Å². The van der Waals surface area contributed by atoms with Crippen molar-refractivity contribution in [2.75, 3.05) is 19.8 Å². The Balaban J connectivity index is 1.54. The molecule has 1 N–H and O–H groups in total. The third-order valence-corrected chi connectivity index (χ3v) is 4.70. The average molecular weight is 411 g/mol. The van der Waals surface area contributed by atoms with Gasteiger partial charge in [-0.2, -0.15) is 0 Å². The standard InChI is InChI=1S/C18H17BrClNO3/c19-15-11-17-16(23-7-8-24-17)9-13(15)10-18(22)21-6-5-12-1-3-14(20)4-2-12/h1-4,9,11H,5-8,10H2,(H,21,22). The van der Waals surface area contributed by atoms with Gasteiger partial charge in [0.1, 0.15) is 13.2 Å². The molecule has 0 saturated heterocycles. The molecule has 0 radical (unpaired) electrons. The minimum Gasteiger partial charge on any atom is -0.486 e. The Kier molecular flexibility index (Phi) is 5.63. The molecule has 6 heteroatoms. The highest BCUT2D eigenvalue weighted by Crippen LogP contribution is 2.35. The lowest BCUT2D eigenvalue weighted by Gasteiger charge is -2.19. The van der Waals surface area contributed by atoms with E-state index < -0.39 is 0 Å². The van der Waals surface area contributed by atoms with E-state index in [9.17, 15) is 4.79 Å². The fourth-order valence-electron chi connectivity index (χ4n) is 2.47. The number of nitrogens with one attached hydrogen (secondary N) is 1. The zero-order chi connectivity index (χ0) is 16.9. The van der Waals surface area contributed by atoms with E-state index in [2.05, 4.69) is 21.2 Å². The van der Waals surface area contributed by atoms with Gasteiger partial charge in [-0.3, -0.25) is 4.79 Å². The maximum absolute atomic E-state index is 12.2. The minimum atomic E-state index is -0.0265. The lowest BCUT2D eigenvalue weighted by molar-refractivity contribution is -0.120. The monoisotopic (exact) mass is 409 g/mol. The molecule has 2 aromatic carbocycles. The summed E-state index contributed by atoms with van der Waals surface area (Å²) in [5.41, 5.74) is 2.02. The number of rotatable bonds is 5. The highest BCUT2D eigenvalue weighted by Gasteiger charge is 2.16. The maximum atomic E-state index is 12.2. The largest absolute Gasteiger partial charge is 0.486 e. The van der Waals surface area contributed by atoms with Gasteiger partial charge in [0.15, 0.2) is 11.5 Å². The van der Waals surface area contributed by atoms with E-state index in [0.717, 1.165) is 22.0 Å². The van der Waals surface area contributed by atoms with Crippen LogP contribution in [0, 0.1) is 0 Å².